The Balaban J connectivity index is 2.87. The van der Waals surface area contributed by atoms with Gasteiger partial charge in [-0.15, -0.1) is 0 Å². The van der Waals surface area contributed by atoms with Gasteiger partial charge < -0.3 is 10.4 Å². The van der Waals surface area contributed by atoms with E-state index in [9.17, 15) is 9.59 Å². The first-order chi connectivity index (χ1) is 7.44. The Labute approximate surface area is 93.5 Å². The van der Waals surface area contributed by atoms with Gasteiger partial charge in [-0.1, -0.05) is 0 Å². The van der Waals surface area contributed by atoms with Gasteiger partial charge in [0.15, 0.2) is 0 Å². The summed E-state index contributed by atoms with van der Waals surface area (Å²) in [7, 11) is 0. The van der Waals surface area contributed by atoms with E-state index in [2.05, 4.69) is 10.3 Å². The smallest absolute Gasteiger partial charge is 0.329 e. The number of aliphatic carboxylic acids is 1. The first-order valence-corrected chi connectivity index (χ1v) is 4.85. The summed E-state index contributed by atoms with van der Waals surface area (Å²) in [5, 5.41) is 11.6. The Bertz CT molecular complexity index is 391. The molecule has 0 spiro atoms. The van der Waals surface area contributed by atoms with Crippen molar-refractivity contribution in [2.24, 2.45) is 0 Å². The van der Waals surface area contributed by atoms with Crippen molar-refractivity contribution in [2.45, 2.75) is 25.8 Å². The van der Waals surface area contributed by atoms with Gasteiger partial charge >= 0.3 is 5.97 Å². The van der Waals surface area contributed by atoms with Crippen LogP contribution in [0.15, 0.2) is 24.5 Å². The molecule has 0 aliphatic heterocycles. The molecule has 16 heavy (non-hydrogen) atoms. The van der Waals surface area contributed by atoms with Gasteiger partial charge in [0.2, 0.25) is 5.91 Å². The number of hydrogen-bond donors (Lipinski definition) is 2. The van der Waals surface area contributed by atoms with Gasteiger partial charge in [-0.25, -0.2) is 4.79 Å². The van der Waals surface area contributed by atoms with E-state index >= 15 is 0 Å². The predicted octanol–water partition coefficient (Wildman–Crippen LogP) is 0.603. The molecular weight excluding hydrogens is 208 g/mol. The van der Waals surface area contributed by atoms with Crippen LogP contribution in [0.3, 0.4) is 0 Å². The molecule has 86 valence electrons. The van der Waals surface area contributed by atoms with Crippen LogP contribution in [0.4, 0.5) is 0 Å². The van der Waals surface area contributed by atoms with Crippen LogP contribution in [0.2, 0.25) is 0 Å². The summed E-state index contributed by atoms with van der Waals surface area (Å²) in [4.78, 5) is 25.9. The first-order valence-electron chi connectivity index (χ1n) is 4.85. The van der Waals surface area contributed by atoms with E-state index in [1.54, 1.807) is 24.5 Å². The minimum atomic E-state index is -1.28. The molecule has 0 saturated carbocycles. The van der Waals surface area contributed by atoms with Crippen molar-refractivity contribution in [1.82, 2.24) is 10.3 Å². The van der Waals surface area contributed by atoms with Gasteiger partial charge in [0.1, 0.15) is 5.54 Å². The zero-order valence-electron chi connectivity index (χ0n) is 9.23. The number of nitrogens with zero attached hydrogens (tertiary/aromatic N) is 1. The fraction of sp³-hybridized carbons (Fsp3) is 0.364. The highest BCUT2D eigenvalue weighted by Crippen LogP contribution is 2.13. The number of aromatic nitrogens is 1. The Morgan fingerprint density at radius 3 is 2.44 bits per heavy atom. The van der Waals surface area contributed by atoms with Crippen LogP contribution in [0.25, 0.3) is 0 Å². The van der Waals surface area contributed by atoms with Gasteiger partial charge in [0.05, 0.1) is 0 Å². The van der Waals surface area contributed by atoms with Gasteiger partial charge in [-0.2, -0.15) is 0 Å². The number of carbonyl (C=O) groups excluding carboxylic acids is 1. The van der Waals surface area contributed by atoms with Crippen molar-refractivity contribution in [3.05, 3.63) is 30.1 Å². The van der Waals surface area contributed by atoms with E-state index in [0.29, 0.717) is 0 Å². The van der Waals surface area contributed by atoms with Crippen molar-refractivity contribution in [2.75, 3.05) is 0 Å². The van der Waals surface area contributed by atoms with E-state index < -0.39 is 11.5 Å². The summed E-state index contributed by atoms with van der Waals surface area (Å²) in [6.45, 7) is 2.78. The lowest BCUT2D eigenvalue weighted by Gasteiger charge is -2.25. The van der Waals surface area contributed by atoms with E-state index in [-0.39, 0.29) is 12.3 Å². The van der Waals surface area contributed by atoms with Gasteiger partial charge in [0.25, 0.3) is 0 Å². The molecule has 0 aliphatic carbocycles. The van der Waals surface area contributed by atoms with Crippen molar-refractivity contribution in [1.29, 1.82) is 0 Å². The van der Waals surface area contributed by atoms with Crippen LogP contribution in [-0.2, 0) is 16.0 Å². The number of hydrogen-bond acceptors (Lipinski definition) is 3. The number of carboxylic acid groups (broad SMARTS) is 1. The molecule has 0 aromatic carbocycles. The van der Waals surface area contributed by atoms with Crippen LogP contribution >= 0.6 is 0 Å². The number of nitrogens with one attached hydrogen (secondary N) is 1. The molecule has 0 saturated heterocycles. The number of rotatable bonds is 4. The third kappa shape index (κ3) is 3.05. The molecule has 1 aromatic heterocycles. The minimum Gasteiger partial charge on any atom is -0.480 e. The van der Waals surface area contributed by atoms with E-state index in [1.807, 2.05) is 0 Å². The minimum absolute atomic E-state index is 0.227. The summed E-state index contributed by atoms with van der Waals surface area (Å²) >= 11 is 0. The monoisotopic (exact) mass is 222 g/mol. The first kappa shape index (κ1) is 12.2. The highest BCUT2D eigenvalue weighted by molar-refractivity contribution is 5.85. The average Bonchev–Trinajstić information content (AvgIpc) is 2.17. The third-order valence-electron chi connectivity index (χ3n) is 2.23. The van der Waals surface area contributed by atoms with Gasteiger partial charge in [-0.05, 0) is 24.6 Å². The van der Waals surface area contributed by atoms with Crippen molar-refractivity contribution in [3.8, 4) is 0 Å². The molecule has 1 amide bonds. The van der Waals surface area contributed by atoms with Crippen molar-refractivity contribution in [3.63, 3.8) is 0 Å². The van der Waals surface area contributed by atoms with E-state index in [0.717, 1.165) is 5.56 Å². The zero-order chi connectivity index (χ0) is 12.2. The second kappa shape index (κ2) is 4.74. The Kier molecular flexibility index (Phi) is 3.60. The molecule has 1 atom stereocenters. The van der Waals surface area contributed by atoms with Crippen LogP contribution < -0.4 is 5.32 Å². The number of carbonyl (C=O) groups is 2. The standard InChI is InChI=1S/C11H14N2O3/c1-8(14)13-11(2,10(15)16)7-9-3-5-12-6-4-9/h3-6H,7H2,1-2H3,(H,13,14)(H,15,16). The summed E-state index contributed by atoms with van der Waals surface area (Å²) in [6.07, 6.45) is 3.40. The Morgan fingerprint density at radius 1 is 1.44 bits per heavy atom. The molecular formula is C11H14N2O3. The third-order valence-corrected chi connectivity index (χ3v) is 2.23. The number of amides is 1. The average molecular weight is 222 g/mol. The normalized spacial score (nSPS) is 13.9. The van der Waals surface area contributed by atoms with Crippen LogP contribution in [0.1, 0.15) is 19.4 Å². The van der Waals surface area contributed by atoms with Crippen LogP contribution in [-0.4, -0.2) is 27.5 Å². The quantitative estimate of drug-likeness (QED) is 0.782. The van der Waals surface area contributed by atoms with Crippen LogP contribution in [0, 0.1) is 0 Å². The number of pyridine rings is 1. The Hall–Kier alpha value is -1.91. The second-order valence-electron chi connectivity index (χ2n) is 3.85. The predicted molar refractivity (Wildman–Crippen MR) is 57.8 cm³/mol. The van der Waals surface area contributed by atoms with Crippen molar-refractivity contribution >= 4 is 11.9 Å². The fourth-order valence-electron chi connectivity index (χ4n) is 1.47. The summed E-state index contributed by atoms with van der Waals surface area (Å²) < 4.78 is 0. The molecule has 0 fully saturated rings. The highest BCUT2D eigenvalue weighted by Gasteiger charge is 2.34. The molecule has 5 nitrogen and oxygen atoms in total. The molecule has 0 aliphatic rings. The molecule has 1 unspecified atom stereocenters. The molecule has 0 radical (unpaired) electrons. The largest absolute Gasteiger partial charge is 0.480 e. The highest BCUT2D eigenvalue weighted by atomic mass is 16.4. The zero-order valence-corrected chi connectivity index (χ0v) is 9.23. The molecule has 5 heteroatoms. The van der Waals surface area contributed by atoms with Crippen LogP contribution in [0.5, 0.6) is 0 Å². The molecule has 1 aromatic rings. The maximum absolute atomic E-state index is 11.1. The summed E-state index contributed by atoms with van der Waals surface area (Å²) in [6, 6.07) is 3.45. The van der Waals surface area contributed by atoms with E-state index in [1.165, 1.54) is 13.8 Å². The lowest BCUT2D eigenvalue weighted by molar-refractivity contribution is -0.146. The second-order valence-corrected chi connectivity index (χ2v) is 3.85. The summed E-state index contributed by atoms with van der Waals surface area (Å²) in [5.41, 5.74) is -0.471. The molecule has 1 heterocycles. The Morgan fingerprint density at radius 2 is 2.00 bits per heavy atom. The maximum atomic E-state index is 11.1. The topological polar surface area (TPSA) is 79.3 Å². The summed E-state index contributed by atoms with van der Waals surface area (Å²) in [5.74, 6) is -1.42. The lowest BCUT2D eigenvalue weighted by atomic mass is 9.93. The van der Waals surface area contributed by atoms with Gasteiger partial charge in [0, 0.05) is 25.7 Å². The van der Waals surface area contributed by atoms with Crippen molar-refractivity contribution < 1.29 is 14.7 Å². The molecule has 1 rings (SSSR count). The maximum Gasteiger partial charge on any atom is 0.329 e. The van der Waals surface area contributed by atoms with E-state index in [4.69, 9.17) is 5.11 Å². The molecule has 0 bridgehead atoms. The fourth-order valence-corrected chi connectivity index (χ4v) is 1.47. The number of carboxylic acids is 1. The lowest BCUT2D eigenvalue weighted by Crippen LogP contribution is -2.53. The van der Waals surface area contributed by atoms with Gasteiger partial charge in [-0.3, -0.25) is 9.78 Å². The SMILES string of the molecule is CC(=O)NC(C)(Cc1ccncc1)C(=O)O. The molecule has 2 N–H and O–H groups in total.